The van der Waals surface area contributed by atoms with Crippen LogP contribution in [-0.4, -0.2) is 17.7 Å². The standard InChI is InChI=1S/C17H26O3/c1-6-7-8-14-9-11-15(12-10-14)19-13(2)16(18)20-17(3,4)5/h9-13H,6-8H2,1-5H3. The summed E-state index contributed by atoms with van der Waals surface area (Å²) in [5, 5.41) is 0. The predicted molar refractivity (Wildman–Crippen MR) is 81.0 cm³/mol. The van der Waals surface area contributed by atoms with E-state index in [2.05, 4.69) is 6.92 Å². The normalized spacial score (nSPS) is 12.8. The molecule has 0 N–H and O–H groups in total. The van der Waals surface area contributed by atoms with E-state index in [0.29, 0.717) is 5.75 Å². The Bertz CT molecular complexity index is 415. The van der Waals surface area contributed by atoms with Crippen LogP contribution in [0.3, 0.4) is 0 Å². The van der Waals surface area contributed by atoms with Crippen molar-refractivity contribution in [2.24, 2.45) is 0 Å². The van der Waals surface area contributed by atoms with E-state index in [1.807, 2.05) is 45.0 Å². The van der Waals surface area contributed by atoms with Crippen molar-refractivity contribution in [2.75, 3.05) is 0 Å². The highest BCUT2D eigenvalue weighted by molar-refractivity contribution is 5.75. The highest BCUT2D eigenvalue weighted by Crippen LogP contribution is 2.17. The van der Waals surface area contributed by atoms with Gasteiger partial charge in [-0.25, -0.2) is 4.79 Å². The summed E-state index contributed by atoms with van der Waals surface area (Å²) in [6.45, 7) is 9.43. The average Bonchev–Trinajstić information content (AvgIpc) is 2.36. The van der Waals surface area contributed by atoms with E-state index < -0.39 is 11.7 Å². The van der Waals surface area contributed by atoms with Gasteiger partial charge in [-0.05, 0) is 58.2 Å². The molecule has 112 valence electrons. The maximum atomic E-state index is 11.8. The van der Waals surface area contributed by atoms with Crippen LogP contribution in [0.4, 0.5) is 0 Å². The van der Waals surface area contributed by atoms with Crippen LogP contribution in [0.15, 0.2) is 24.3 Å². The minimum Gasteiger partial charge on any atom is -0.479 e. The van der Waals surface area contributed by atoms with Crippen LogP contribution in [0.2, 0.25) is 0 Å². The van der Waals surface area contributed by atoms with Gasteiger partial charge in [0.2, 0.25) is 0 Å². The van der Waals surface area contributed by atoms with Crippen LogP contribution in [0.1, 0.15) is 53.0 Å². The molecule has 1 atom stereocenters. The lowest BCUT2D eigenvalue weighted by atomic mass is 10.1. The second-order valence-corrected chi connectivity index (χ2v) is 6.04. The van der Waals surface area contributed by atoms with Gasteiger partial charge in [-0.15, -0.1) is 0 Å². The molecule has 0 aliphatic heterocycles. The number of aryl methyl sites for hydroxylation is 1. The molecule has 1 rings (SSSR count). The molecule has 0 amide bonds. The molecular formula is C17H26O3. The zero-order valence-electron chi connectivity index (χ0n) is 13.2. The lowest BCUT2D eigenvalue weighted by Crippen LogP contribution is -2.33. The summed E-state index contributed by atoms with van der Waals surface area (Å²) in [6.07, 6.45) is 2.86. The fraction of sp³-hybridized carbons (Fsp3) is 0.588. The Morgan fingerprint density at radius 1 is 1.20 bits per heavy atom. The molecule has 0 saturated carbocycles. The Morgan fingerprint density at radius 3 is 2.30 bits per heavy atom. The Morgan fingerprint density at radius 2 is 1.80 bits per heavy atom. The predicted octanol–water partition coefficient (Wildman–Crippen LogP) is 4.14. The minimum atomic E-state index is -0.601. The van der Waals surface area contributed by atoms with Crippen molar-refractivity contribution in [1.29, 1.82) is 0 Å². The average molecular weight is 278 g/mol. The fourth-order valence-electron chi connectivity index (χ4n) is 1.75. The second kappa shape index (κ2) is 7.32. The molecule has 3 nitrogen and oxygen atoms in total. The first-order chi connectivity index (χ1) is 9.31. The van der Waals surface area contributed by atoms with Gasteiger partial charge in [0.25, 0.3) is 0 Å². The smallest absolute Gasteiger partial charge is 0.347 e. The van der Waals surface area contributed by atoms with E-state index in [-0.39, 0.29) is 5.97 Å². The molecule has 0 bridgehead atoms. The van der Waals surface area contributed by atoms with Gasteiger partial charge < -0.3 is 9.47 Å². The lowest BCUT2D eigenvalue weighted by molar-refractivity contribution is -0.162. The van der Waals surface area contributed by atoms with E-state index in [4.69, 9.17) is 9.47 Å². The molecule has 0 heterocycles. The largest absolute Gasteiger partial charge is 0.479 e. The number of unbranched alkanes of at least 4 members (excludes halogenated alkanes) is 1. The van der Waals surface area contributed by atoms with Crippen LogP contribution in [-0.2, 0) is 16.0 Å². The van der Waals surface area contributed by atoms with Crippen LogP contribution < -0.4 is 4.74 Å². The number of rotatable bonds is 6. The molecule has 0 aliphatic carbocycles. The van der Waals surface area contributed by atoms with Gasteiger partial charge in [-0.3, -0.25) is 0 Å². The van der Waals surface area contributed by atoms with Crippen LogP contribution in [0.25, 0.3) is 0 Å². The monoisotopic (exact) mass is 278 g/mol. The topological polar surface area (TPSA) is 35.5 Å². The van der Waals surface area contributed by atoms with Crippen molar-refractivity contribution in [3.63, 3.8) is 0 Å². The summed E-state index contributed by atoms with van der Waals surface area (Å²) in [6, 6.07) is 7.91. The maximum Gasteiger partial charge on any atom is 0.347 e. The summed E-state index contributed by atoms with van der Waals surface area (Å²) < 4.78 is 10.9. The number of benzene rings is 1. The second-order valence-electron chi connectivity index (χ2n) is 6.04. The van der Waals surface area contributed by atoms with Gasteiger partial charge in [-0.1, -0.05) is 25.5 Å². The van der Waals surface area contributed by atoms with Crippen LogP contribution >= 0.6 is 0 Å². The van der Waals surface area contributed by atoms with Gasteiger partial charge in [-0.2, -0.15) is 0 Å². The number of hydrogen-bond donors (Lipinski definition) is 0. The number of esters is 1. The first kappa shape index (κ1) is 16.5. The Balaban J connectivity index is 2.53. The van der Waals surface area contributed by atoms with Gasteiger partial charge in [0.05, 0.1) is 0 Å². The number of carbonyl (C=O) groups is 1. The molecule has 3 heteroatoms. The highest BCUT2D eigenvalue weighted by atomic mass is 16.6. The Labute approximate surface area is 122 Å². The van der Waals surface area contributed by atoms with E-state index in [9.17, 15) is 4.79 Å². The molecule has 0 radical (unpaired) electrons. The van der Waals surface area contributed by atoms with Gasteiger partial charge >= 0.3 is 5.97 Å². The maximum absolute atomic E-state index is 11.8. The summed E-state index contributed by atoms with van der Waals surface area (Å²) in [5.74, 6) is 0.358. The molecule has 20 heavy (non-hydrogen) atoms. The van der Waals surface area contributed by atoms with Crippen molar-refractivity contribution in [3.8, 4) is 5.75 Å². The zero-order valence-corrected chi connectivity index (χ0v) is 13.2. The molecule has 0 saturated heterocycles. The van der Waals surface area contributed by atoms with Crippen LogP contribution in [0.5, 0.6) is 5.75 Å². The lowest BCUT2D eigenvalue weighted by Gasteiger charge is -2.22. The van der Waals surface area contributed by atoms with Gasteiger partial charge in [0.15, 0.2) is 6.10 Å². The van der Waals surface area contributed by atoms with E-state index >= 15 is 0 Å². The molecule has 1 aromatic rings. The molecule has 0 aliphatic rings. The van der Waals surface area contributed by atoms with Crippen molar-refractivity contribution in [2.45, 2.75) is 65.6 Å². The third-order valence-corrected chi connectivity index (χ3v) is 2.79. The molecule has 1 unspecified atom stereocenters. The summed E-state index contributed by atoms with van der Waals surface area (Å²) in [4.78, 5) is 11.8. The van der Waals surface area contributed by atoms with Crippen molar-refractivity contribution in [3.05, 3.63) is 29.8 Å². The zero-order chi connectivity index (χ0) is 15.2. The molecule has 0 spiro atoms. The van der Waals surface area contributed by atoms with Gasteiger partial charge in [0.1, 0.15) is 11.4 Å². The Hall–Kier alpha value is -1.51. The summed E-state index contributed by atoms with van der Waals surface area (Å²) in [7, 11) is 0. The number of hydrogen-bond acceptors (Lipinski definition) is 3. The number of carbonyl (C=O) groups excluding carboxylic acids is 1. The summed E-state index contributed by atoms with van der Waals surface area (Å²) >= 11 is 0. The minimum absolute atomic E-state index is 0.340. The first-order valence-corrected chi connectivity index (χ1v) is 7.30. The quantitative estimate of drug-likeness (QED) is 0.734. The van der Waals surface area contributed by atoms with E-state index in [1.165, 1.54) is 18.4 Å². The SMILES string of the molecule is CCCCc1ccc(OC(C)C(=O)OC(C)(C)C)cc1. The number of ether oxygens (including phenoxy) is 2. The first-order valence-electron chi connectivity index (χ1n) is 7.30. The van der Waals surface area contributed by atoms with Gasteiger partial charge in [0, 0.05) is 0 Å². The van der Waals surface area contributed by atoms with Crippen LogP contribution in [0, 0.1) is 0 Å². The highest BCUT2D eigenvalue weighted by Gasteiger charge is 2.22. The van der Waals surface area contributed by atoms with Crippen molar-refractivity contribution >= 4 is 5.97 Å². The third kappa shape index (κ3) is 6.09. The molecule has 0 aromatic heterocycles. The molecule has 1 aromatic carbocycles. The van der Waals surface area contributed by atoms with E-state index in [1.54, 1.807) is 6.92 Å². The van der Waals surface area contributed by atoms with Crippen molar-refractivity contribution in [1.82, 2.24) is 0 Å². The Kier molecular flexibility index (Phi) is 6.05. The van der Waals surface area contributed by atoms with Crippen molar-refractivity contribution < 1.29 is 14.3 Å². The third-order valence-electron chi connectivity index (χ3n) is 2.79. The summed E-state index contributed by atoms with van der Waals surface area (Å²) in [5.41, 5.74) is 0.808. The molecular weight excluding hydrogens is 252 g/mol. The fourth-order valence-corrected chi connectivity index (χ4v) is 1.75. The molecule has 0 fully saturated rings. The van der Waals surface area contributed by atoms with E-state index in [0.717, 1.165) is 6.42 Å².